The van der Waals surface area contributed by atoms with Crippen LogP contribution in [0.5, 0.6) is 0 Å². The minimum Gasteiger partial charge on any atom is -0.334 e. The van der Waals surface area contributed by atoms with E-state index in [1.54, 1.807) is 0 Å². The summed E-state index contributed by atoms with van der Waals surface area (Å²) in [4.78, 5) is 43.1. The van der Waals surface area contributed by atoms with Crippen LogP contribution in [0.15, 0.2) is 59.8 Å². The average molecular weight is 587 g/mol. The summed E-state index contributed by atoms with van der Waals surface area (Å²) >= 11 is 0. The van der Waals surface area contributed by atoms with Gasteiger partial charge in [0.1, 0.15) is 0 Å². The summed E-state index contributed by atoms with van der Waals surface area (Å²) in [7, 11) is -3.42. The van der Waals surface area contributed by atoms with Gasteiger partial charge in [0.15, 0.2) is 15.6 Å². The Balaban J connectivity index is 1.66. The number of hydrogen-bond acceptors (Lipinski definition) is 6. The number of nitrogens with zero attached hydrogens (tertiary/aromatic N) is 3. The van der Waals surface area contributed by atoms with Crippen molar-refractivity contribution in [3.63, 3.8) is 0 Å². The van der Waals surface area contributed by atoms with Crippen LogP contribution in [0.1, 0.15) is 54.8 Å². The lowest BCUT2D eigenvalue weighted by Crippen LogP contribution is -2.58. The van der Waals surface area contributed by atoms with Crippen molar-refractivity contribution >= 4 is 33.4 Å². The molecule has 2 atom stereocenters. The summed E-state index contributed by atoms with van der Waals surface area (Å²) in [6.07, 6.45) is -3.39. The third kappa shape index (κ3) is 5.56. The highest BCUT2D eigenvalue weighted by atomic mass is 32.2. The number of sulfone groups is 1. The highest BCUT2D eigenvalue weighted by Gasteiger charge is 2.48. The number of benzene rings is 2. The molecule has 0 aromatic heterocycles. The van der Waals surface area contributed by atoms with Crippen molar-refractivity contribution in [1.29, 1.82) is 5.26 Å². The molecule has 2 heterocycles. The quantitative estimate of drug-likeness (QED) is 0.548. The molecule has 1 fully saturated rings. The van der Waals surface area contributed by atoms with E-state index in [1.807, 2.05) is 6.07 Å². The lowest BCUT2D eigenvalue weighted by Gasteiger charge is -2.44. The highest BCUT2D eigenvalue weighted by Crippen LogP contribution is 2.45. The fraction of sp³-hybridized carbons (Fsp3) is 0.357. The number of nitrogens with one attached hydrogen (secondary N) is 1. The third-order valence-corrected chi connectivity index (χ3v) is 9.25. The van der Waals surface area contributed by atoms with Crippen LogP contribution in [-0.4, -0.2) is 48.7 Å². The number of anilines is 1. The van der Waals surface area contributed by atoms with Crippen LogP contribution >= 0.6 is 0 Å². The molecule has 13 heteroatoms. The number of Topliss-reactive ketones (excluding diaryl/α,β-unsaturated/α-hetero) is 1. The molecule has 5 rings (SSSR count). The number of amides is 4. The molecule has 2 aromatic carbocycles. The number of ketones is 1. The predicted octanol–water partition coefficient (Wildman–Crippen LogP) is 4.85. The van der Waals surface area contributed by atoms with Crippen LogP contribution in [0.4, 0.5) is 28.4 Å². The van der Waals surface area contributed by atoms with Gasteiger partial charge in [0.05, 0.1) is 40.4 Å². The molecule has 9 nitrogen and oxygen atoms in total. The first-order valence-electron chi connectivity index (χ1n) is 13.0. The van der Waals surface area contributed by atoms with Crippen LogP contribution in [0.25, 0.3) is 0 Å². The number of rotatable bonds is 3. The molecule has 2 aromatic rings. The number of halogens is 3. The zero-order valence-corrected chi connectivity index (χ0v) is 22.5. The Morgan fingerprint density at radius 2 is 1.78 bits per heavy atom. The number of imide groups is 1. The molecule has 4 amide bonds. The van der Waals surface area contributed by atoms with E-state index in [2.05, 4.69) is 5.32 Å². The largest absolute Gasteiger partial charge is 0.416 e. The molecule has 0 saturated carbocycles. The first-order valence-corrected chi connectivity index (χ1v) is 14.8. The van der Waals surface area contributed by atoms with Gasteiger partial charge in [-0.3, -0.25) is 9.69 Å². The zero-order valence-electron chi connectivity index (χ0n) is 21.6. The number of carbonyl (C=O) groups is 3. The Morgan fingerprint density at radius 1 is 1.05 bits per heavy atom. The molecule has 1 saturated heterocycles. The molecule has 0 spiro atoms. The molecule has 214 valence electrons. The van der Waals surface area contributed by atoms with E-state index in [4.69, 9.17) is 0 Å². The molecule has 2 unspecified atom stereocenters. The number of hydrogen-bond donors (Lipinski definition) is 1. The summed E-state index contributed by atoms with van der Waals surface area (Å²) in [5, 5.41) is 11.8. The van der Waals surface area contributed by atoms with Gasteiger partial charge in [-0.25, -0.2) is 22.9 Å². The molecule has 3 aliphatic rings. The summed E-state index contributed by atoms with van der Waals surface area (Å²) < 4.78 is 65.2. The maximum absolute atomic E-state index is 14.2. The highest BCUT2D eigenvalue weighted by molar-refractivity contribution is 7.91. The van der Waals surface area contributed by atoms with E-state index < -0.39 is 45.7 Å². The van der Waals surface area contributed by atoms with Gasteiger partial charge in [-0.15, -0.1) is 0 Å². The molecule has 1 N–H and O–H groups in total. The van der Waals surface area contributed by atoms with Gasteiger partial charge in [-0.1, -0.05) is 18.2 Å². The van der Waals surface area contributed by atoms with E-state index in [0.29, 0.717) is 30.4 Å². The Morgan fingerprint density at radius 3 is 2.44 bits per heavy atom. The lowest BCUT2D eigenvalue weighted by atomic mass is 9.83. The van der Waals surface area contributed by atoms with Gasteiger partial charge in [0.2, 0.25) is 0 Å². The Labute approximate surface area is 234 Å². The fourth-order valence-electron chi connectivity index (χ4n) is 5.58. The Kier molecular flexibility index (Phi) is 7.37. The Bertz CT molecular complexity index is 1600. The SMILES string of the molecule is N#Cc1ccc(C2C3=C(CCCC3=O)N(c3cccc(C(F)(F)F)c3)C(=O)N2C(=O)NC2CCCS(=O)(=O)C2)cc1. The first kappa shape index (κ1) is 28.4. The van der Waals surface area contributed by atoms with Crippen molar-refractivity contribution in [2.24, 2.45) is 0 Å². The number of nitriles is 1. The third-order valence-electron chi connectivity index (χ3n) is 7.42. The normalized spacial score (nSPS) is 22.7. The van der Waals surface area contributed by atoms with Gasteiger partial charge in [0, 0.05) is 23.7 Å². The van der Waals surface area contributed by atoms with Gasteiger partial charge in [0.25, 0.3) is 0 Å². The minimum atomic E-state index is -4.71. The number of urea groups is 2. The summed E-state index contributed by atoms with van der Waals surface area (Å²) in [6.45, 7) is 0. The number of allylic oxidation sites excluding steroid dienone is 1. The van der Waals surface area contributed by atoms with Gasteiger partial charge >= 0.3 is 18.2 Å². The van der Waals surface area contributed by atoms with E-state index in [1.165, 1.54) is 30.3 Å². The average Bonchev–Trinajstić information content (AvgIpc) is 2.91. The second-order valence-corrected chi connectivity index (χ2v) is 12.4. The van der Waals surface area contributed by atoms with Crippen molar-refractivity contribution in [3.8, 4) is 6.07 Å². The van der Waals surface area contributed by atoms with E-state index >= 15 is 0 Å². The molecular weight excluding hydrogens is 561 g/mol. The maximum atomic E-state index is 14.2. The van der Waals surface area contributed by atoms with Crippen LogP contribution in [0.3, 0.4) is 0 Å². The predicted molar refractivity (Wildman–Crippen MR) is 141 cm³/mol. The van der Waals surface area contributed by atoms with E-state index in [9.17, 15) is 41.2 Å². The summed E-state index contributed by atoms with van der Waals surface area (Å²) in [6, 6.07) is 8.01. The molecular formula is C28H25F3N4O5S. The molecule has 2 aliphatic heterocycles. The second-order valence-electron chi connectivity index (χ2n) is 10.2. The van der Waals surface area contributed by atoms with Crippen molar-refractivity contribution in [1.82, 2.24) is 10.2 Å². The zero-order chi connectivity index (χ0) is 29.5. The molecule has 41 heavy (non-hydrogen) atoms. The van der Waals surface area contributed by atoms with Gasteiger partial charge in [-0.05, 0) is 61.6 Å². The topological polar surface area (TPSA) is 128 Å². The summed E-state index contributed by atoms with van der Waals surface area (Å²) in [5.41, 5.74) is -0.244. The minimum absolute atomic E-state index is 0.0239. The standard InChI is InChI=1S/C28H25F3N4O5S/c29-28(30,31)19-4-1-6-21(14-19)34-22-7-2-8-23(36)24(22)25(18-11-9-17(15-32)10-12-18)35(27(34)38)26(37)33-20-5-3-13-41(39,40)16-20/h1,4,6,9-12,14,20,25H,2-3,5,7-8,13,16H2,(H,33,37). The van der Waals surface area contributed by atoms with Crippen molar-refractivity contribution in [3.05, 3.63) is 76.5 Å². The number of carbonyl (C=O) groups excluding carboxylic acids is 3. The van der Waals surface area contributed by atoms with Gasteiger partial charge < -0.3 is 5.32 Å². The van der Waals surface area contributed by atoms with Crippen LogP contribution < -0.4 is 10.2 Å². The van der Waals surface area contributed by atoms with Crippen molar-refractivity contribution in [2.75, 3.05) is 16.4 Å². The molecule has 0 bridgehead atoms. The van der Waals surface area contributed by atoms with Crippen molar-refractivity contribution < 1.29 is 36.0 Å². The number of alkyl halides is 3. The first-order chi connectivity index (χ1) is 19.4. The van der Waals surface area contributed by atoms with E-state index in [0.717, 1.165) is 28.0 Å². The van der Waals surface area contributed by atoms with Crippen molar-refractivity contribution in [2.45, 2.75) is 50.4 Å². The van der Waals surface area contributed by atoms with Crippen LogP contribution in [0.2, 0.25) is 0 Å². The second kappa shape index (κ2) is 10.7. The lowest BCUT2D eigenvalue weighted by molar-refractivity contribution is -0.137. The van der Waals surface area contributed by atoms with E-state index in [-0.39, 0.29) is 47.1 Å². The molecule has 0 radical (unpaired) electrons. The summed E-state index contributed by atoms with van der Waals surface area (Å²) in [5.74, 6) is -0.723. The smallest absolute Gasteiger partial charge is 0.334 e. The van der Waals surface area contributed by atoms with Crippen LogP contribution in [0, 0.1) is 11.3 Å². The van der Waals surface area contributed by atoms with Crippen LogP contribution in [-0.2, 0) is 20.8 Å². The molecule has 1 aliphatic carbocycles. The van der Waals surface area contributed by atoms with Gasteiger partial charge in [-0.2, -0.15) is 18.4 Å². The Hall–Kier alpha value is -4.18. The fourth-order valence-corrected chi connectivity index (χ4v) is 7.22. The monoisotopic (exact) mass is 586 g/mol. The maximum Gasteiger partial charge on any atom is 0.416 e.